The largest absolute Gasteiger partial charge is 0.449 e. The highest BCUT2D eigenvalue weighted by molar-refractivity contribution is 8.00. The zero-order valence-corrected chi connectivity index (χ0v) is 20.7. The molecule has 1 heterocycles. The molecule has 0 aliphatic carbocycles. The van der Waals surface area contributed by atoms with E-state index in [1.165, 1.54) is 19.1 Å². The molecule has 0 radical (unpaired) electrons. The van der Waals surface area contributed by atoms with Crippen LogP contribution < -0.4 is 5.32 Å². The molecule has 4 aromatic rings. The van der Waals surface area contributed by atoms with E-state index in [1.54, 1.807) is 35.2 Å². The summed E-state index contributed by atoms with van der Waals surface area (Å²) in [5, 5.41) is 13.5. The van der Waals surface area contributed by atoms with Gasteiger partial charge in [0.1, 0.15) is 0 Å². The van der Waals surface area contributed by atoms with Gasteiger partial charge < -0.3 is 10.1 Å². The number of carbonyl (C=O) groups excluding carboxylic acids is 2. The number of thioether (sulfide) groups is 1. The topological polar surface area (TPSA) is 111 Å². The molecule has 1 amide bonds. The smallest absolute Gasteiger partial charge is 0.338 e. The van der Waals surface area contributed by atoms with Crippen molar-refractivity contribution in [3.63, 3.8) is 0 Å². The van der Waals surface area contributed by atoms with Crippen molar-refractivity contribution < 1.29 is 19.2 Å². The second kappa shape index (κ2) is 10.9. The van der Waals surface area contributed by atoms with E-state index >= 15 is 0 Å². The number of carbonyl (C=O) groups is 2. The number of nitrogens with zero attached hydrogens (tertiary/aromatic N) is 2. The van der Waals surface area contributed by atoms with Crippen LogP contribution >= 0.6 is 34.7 Å². The molecule has 1 N–H and O–H groups in total. The monoisotopic (exact) mass is 527 g/mol. The summed E-state index contributed by atoms with van der Waals surface area (Å²) < 4.78 is 7.36. The summed E-state index contributed by atoms with van der Waals surface area (Å²) in [6, 6.07) is 18.6. The van der Waals surface area contributed by atoms with E-state index in [9.17, 15) is 19.7 Å². The third-order valence-corrected chi connectivity index (χ3v) is 7.48. The van der Waals surface area contributed by atoms with Gasteiger partial charge in [-0.2, -0.15) is 0 Å². The number of amides is 1. The molecule has 4 rings (SSSR count). The number of rotatable bonds is 8. The van der Waals surface area contributed by atoms with E-state index < -0.39 is 22.9 Å². The average molecular weight is 528 g/mol. The average Bonchev–Trinajstić information content (AvgIpc) is 3.27. The van der Waals surface area contributed by atoms with E-state index in [0.29, 0.717) is 11.3 Å². The number of thiazole rings is 1. The summed E-state index contributed by atoms with van der Waals surface area (Å²) >= 11 is 9.26. The minimum atomic E-state index is -1.15. The van der Waals surface area contributed by atoms with Crippen LogP contribution in [0.2, 0.25) is 5.02 Å². The number of nitro groups is 1. The lowest BCUT2D eigenvalue weighted by Crippen LogP contribution is -2.30. The van der Waals surface area contributed by atoms with E-state index in [4.69, 9.17) is 16.3 Å². The predicted octanol–water partition coefficient (Wildman–Crippen LogP) is 6.33. The van der Waals surface area contributed by atoms with E-state index in [0.717, 1.165) is 26.2 Å². The SMILES string of the molecule is CC(OC(=O)c1ccc(CSc2nc3ccccc3s2)cc1)C(=O)Nc1cc([N+](=O)[O-])ccc1Cl. The number of halogens is 1. The van der Waals surface area contributed by atoms with Gasteiger partial charge in [-0.3, -0.25) is 14.9 Å². The maximum absolute atomic E-state index is 12.5. The highest BCUT2D eigenvalue weighted by Gasteiger charge is 2.21. The molecule has 178 valence electrons. The Kier molecular flexibility index (Phi) is 7.64. The van der Waals surface area contributed by atoms with Gasteiger partial charge in [0.05, 0.1) is 31.4 Å². The molecule has 1 unspecified atom stereocenters. The molecule has 0 saturated carbocycles. The van der Waals surface area contributed by atoms with E-state index in [-0.39, 0.29) is 16.4 Å². The summed E-state index contributed by atoms with van der Waals surface area (Å²) in [6.07, 6.45) is -1.15. The fourth-order valence-electron chi connectivity index (χ4n) is 3.03. The molecule has 0 fully saturated rings. The Morgan fingerprint density at radius 2 is 1.91 bits per heavy atom. The summed E-state index contributed by atoms with van der Waals surface area (Å²) in [4.78, 5) is 39.8. The number of nitrogens with one attached hydrogen (secondary N) is 1. The predicted molar refractivity (Wildman–Crippen MR) is 137 cm³/mol. The molecule has 11 heteroatoms. The van der Waals surface area contributed by atoms with Crippen LogP contribution in [0.4, 0.5) is 11.4 Å². The Bertz CT molecular complexity index is 1380. The van der Waals surface area contributed by atoms with Crippen molar-refractivity contribution in [1.29, 1.82) is 0 Å². The summed E-state index contributed by atoms with van der Waals surface area (Å²) in [6.45, 7) is 1.40. The zero-order chi connectivity index (χ0) is 24.9. The lowest BCUT2D eigenvalue weighted by molar-refractivity contribution is -0.384. The number of aromatic nitrogens is 1. The number of nitro benzene ring substituents is 1. The van der Waals surface area contributed by atoms with Crippen LogP contribution in [0.3, 0.4) is 0 Å². The second-order valence-electron chi connectivity index (χ2n) is 7.39. The molecule has 0 aliphatic rings. The Morgan fingerprint density at radius 1 is 1.17 bits per heavy atom. The number of benzene rings is 3. The molecule has 0 aliphatic heterocycles. The van der Waals surface area contributed by atoms with Crippen LogP contribution in [0.5, 0.6) is 0 Å². The normalized spacial score (nSPS) is 11.7. The number of hydrogen-bond donors (Lipinski definition) is 1. The van der Waals surface area contributed by atoms with Crippen molar-refractivity contribution in [2.45, 2.75) is 23.1 Å². The maximum atomic E-state index is 12.5. The molecule has 35 heavy (non-hydrogen) atoms. The maximum Gasteiger partial charge on any atom is 0.338 e. The number of esters is 1. The van der Waals surface area contributed by atoms with Gasteiger partial charge in [-0.05, 0) is 42.8 Å². The Labute approximate surface area is 213 Å². The van der Waals surface area contributed by atoms with Crippen LogP contribution in [0.15, 0.2) is 71.1 Å². The lowest BCUT2D eigenvalue weighted by atomic mass is 10.1. The van der Waals surface area contributed by atoms with Gasteiger partial charge in [-0.1, -0.05) is 47.6 Å². The number of ether oxygens (including phenoxy) is 1. The number of non-ortho nitro benzene ring substituents is 1. The third-order valence-electron chi connectivity index (χ3n) is 4.90. The highest BCUT2D eigenvalue weighted by atomic mass is 35.5. The van der Waals surface area contributed by atoms with Crippen LogP contribution in [0.1, 0.15) is 22.8 Å². The molecular weight excluding hydrogens is 510 g/mol. The second-order valence-corrected chi connectivity index (χ2v) is 10.1. The Morgan fingerprint density at radius 3 is 2.63 bits per heavy atom. The number of anilines is 1. The number of para-hydroxylation sites is 1. The molecule has 1 aromatic heterocycles. The minimum Gasteiger partial charge on any atom is -0.449 e. The Hall–Kier alpha value is -3.47. The van der Waals surface area contributed by atoms with Crippen LogP contribution in [-0.4, -0.2) is 27.9 Å². The molecule has 1 atom stereocenters. The third kappa shape index (κ3) is 6.16. The van der Waals surface area contributed by atoms with Crippen LogP contribution in [0.25, 0.3) is 10.2 Å². The van der Waals surface area contributed by atoms with Crippen molar-refractivity contribution in [3.05, 3.63) is 93.0 Å². The molecule has 3 aromatic carbocycles. The van der Waals surface area contributed by atoms with Gasteiger partial charge in [0.15, 0.2) is 10.4 Å². The van der Waals surface area contributed by atoms with Crippen LogP contribution in [-0.2, 0) is 15.3 Å². The summed E-state index contributed by atoms with van der Waals surface area (Å²) in [5.41, 5.74) is 2.12. The van der Waals surface area contributed by atoms with Crippen LogP contribution in [0, 0.1) is 10.1 Å². The quantitative estimate of drug-likeness (QED) is 0.123. The minimum absolute atomic E-state index is 0.0590. The van der Waals surface area contributed by atoms with Gasteiger partial charge in [0.25, 0.3) is 11.6 Å². The molecule has 8 nitrogen and oxygen atoms in total. The zero-order valence-electron chi connectivity index (χ0n) is 18.3. The van der Waals surface area contributed by atoms with Crippen molar-refractivity contribution in [3.8, 4) is 0 Å². The lowest BCUT2D eigenvalue weighted by Gasteiger charge is -2.14. The fourth-order valence-corrected chi connectivity index (χ4v) is 5.22. The fraction of sp³-hybridized carbons (Fsp3) is 0.125. The highest BCUT2D eigenvalue weighted by Crippen LogP contribution is 2.31. The first-order chi connectivity index (χ1) is 16.8. The van der Waals surface area contributed by atoms with Crippen molar-refractivity contribution in [1.82, 2.24) is 4.98 Å². The summed E-state index contributed by atoms with van der Waals surface area (Å²) in [5.74, 6) is -0.634. The standard InChI is InChI=1S/C24H18ClN3O5S2/c1-14(22(29)26-20-12-17(28(31)32)10-11-18(20)25)33-23(30)16-8-6-15(7-9-16)13-34-24-27-19-4-2-3-5-21(19)35-24/h2-12,14H,13H2,1H3,(H,26,29). The van der Waals surface area contributed by atoms with Gasteiger partial charge >= 0.3 is 5.97 Å². The van der Waals surface area contributed by atoms with E-state index in [2.05, 4.69) is 10.3 Å². The first-order valence-corrected chi connectivity index (χ1v) is 12.5. The van der Waals surface area contributed by atoms with Gasteiger partial charge in [-0.15, -0.1) is 11.3 Å². The number of fused-ring (bicyclic) bond motifs is 1. The van der Waals surface area contributed by atoms with Gasteiger partial charge in [0, 0.05) is 17.9 Å². The van der Waals surface area contributed by atoms with Gasteiger partial charge in [-0.25, -0.2) is 9.78 Å². The first kappa shape index (κ1) is 24.6. The first-order valence-electron chi connectivity index (χ1n) is 10.3. The molecule has 0 spiro atoms. The van der Waals surface area contributed by atoms with Gasteiger partial charge in [0.2, 0.25) is 0 Å². The Balaban J connectivity index is 1.32. The molecule has 0 bridgehead atoms. The summed E-state index contributed by atoms with van der Waals surface area (Å²) in [7, 11) is 0. The molecule has 0 saturated heterocycles. The van der Waals surface area contributed by atoms with E-state index in [1.807, 2.05) is 36.4 Å². The van der Waals surface area contributed by atoms with Crippen molar-refractivity contribution >= 4 is 68.2 Å². The van der Waals surface area contributed by atoms with Crippen molar-refractivity contribution in [2.75, 3.05) is 5.32 Å². The molecular formula is C24H18ClN3O5S2. The van der Waals surface area contributed by atoms with Crippen molar-refractivity contribution in [2.24, 2.45) is 0 Å². The number of hydrogen-bond acceptors (Lipinski definition) is 8.